The Balaban J connectivity index is 2.51. The number of imide groups is 1. The molecule has 0 aromatic heterocycles. The average Bonchev–Trinajstić information content (AvgIpc) is 2.43. The number of hydrogen-bond acceptors (Lipinski definition) is 5. The van der Waals surface area contributed by atoms with Gasteiger partial charge in [-0.05, 0) is 31.5 Å². The van der Waals surface area contributed by atoms with E-state index >= 15 is 0 Å². The summed E-state index contributed by atoms with van der Waals surface area (Å²) in [6, 6.07) is 6.15. The van der Waals surface area contributed by atoms with Crippen LogP contribution < -0.4 is 11.1 Å². The van der Waals surface area contributed by atoms with Gasteiger partial charge in [-0.2, -0.15) is 4.31 Å². The van der Waals surface area contributed by atoms with E-state index in [0.29, 0.717) is 5.56 Å². The lowest BCUT2D eigenvalue weighted by Gasteiger charge is -2.38. The number of hydrogen-bond donors (Lipinski definition) is 2. The van der Waals surface area contributed by atoms with Crippen LogP contribution in [0.15, 0.2) is 29.2 Å². The van der Waals surface area contributed by atoms with Gasteiger partial charge in [-0.1, -0.05) is 12.1 Å². The Labute approximate surface area is 123 Å². The molecule has 2 amide bonds. The molecule has 0 saturated carbocycles. The summed E-state index contributed by atoms with van der Waals surface area (Å²) in [4.78, 5) is 23.4. The van der Waals surface area contributed by atoms with Crippen molar-refractivity contribution in [2.45, 2.75) is 30.8 Å². The fourth-order valence-corrected chi connectivity index (χ4v) is 3.88. The molecule has 0 atom stereocenters. The van der Waals surface area contributed by atoms with Crippen molar-refractivity contribution in [1.29, 1.82) is 0 Å². The largest absolute Gasteiger partial charge is 0.326 e. The minimum absolute atomic E-state index is 0.0148. The van der Waals surface area contributed by atoms with E-state index in [1.54, 1.807) is 12.1 Å². The fraction of sp³-hybridized carbons (Fsp3) is 0.385. The second-order valence-electron chi connectivity index (χ2n) is 5.30. The molecule has 0 bridgehead atoms. The van der Waals surface area contributed by atoms with E-state index in [1.807, 2.05) is 0 Å². The van der Waals surface area contributed by atoms with Crippen molar-refractivity contribution in [1.82, 2.24) is 9.62 Å². The Kier molecular flexibility index (Phi) is 3.87. The molecule has 0 spiro atoms. The molecule has 7 nitrogen and oxygen atoms in total. The Bertz CT molecular complexity index is 697. The maximum Gasteiger partial charge on any atom is 0.247 e. The molecular weight excluding hydrogens is 294 g/mol. The predicted octanol–water partition coefficient (Wildman–Crippen LogP) is -0.429. The summed E-state index contributed by atoms with van der Waals surface area (Å²) in [7, 11) is -3.97. The van der Waals surface area contributed by atoms with Crippen molar-refractivity contribution >= 4 is 21.8 Å². The Morgan fingerprint density at radius 3 is 2.62 bits per heavy atom. The summed E-state index contributed by atoms with van der Waals surface area (Å²) in [6.45, 7) is 2.72. The van der Waals surface area contributed by atoms with Crippen molar-refractivity contribution in [3.63, 3.8) is 0 Å². The predicted molar refractivity (Wildman–Crippen MR) is 75.5 cm³/mol. The standard InChI is InChI=1S/C13H17N3O4S/c1-13(2)12(18)15-11(17)8-16(13)21(19,20)10-5-3-4-9(6-10)7-14/h3-6H,7-8,14H2,1-2H3,(H,15,17,18). The van der Waals surface area contributed by atoms with Gasteiger partial charge >= 0.3 is 0 Å². The molecule has 1 aromatic rings. The summed E-state index contributed by atoms with van der Waals surface area (Å²) in [5.41, 5.74) is 4.82. The Morgan fingerprint density at radius 2 is 2.00 bits per heavy atom. The maximum absolute atomic E-state index is 12.7. The quantitative estimate of drug-likeness (QED) is 0.736. The molecule has 0 radical (unpaired) electrons. The van der Waals surface area contributed by atoms with Gasteiger partial charge in [-0.15, -0.1) is 0 Å². The molecular formula is C13H17N3O4S. The van der Waals surface area contributed by atoms with Crippen molar-refractivity contribution < 1.29 is 18.0 Å². The minimum atomic E-state index is -3.97. The van der Waals surface area contributed by atoms with Crippen LogP contribution in [0.2, 0.25) is 0 Å². The SMILES string of the molecule is CC1(C)C(=O)NC(=O)CN1S(=O)(=O)c1cccc(CN)c1. The number of piperazine rings is 1. The van der Waals surface area contributed by atoms with Crippen LogP contribution >= 0.6 is 0 Å². The second-order valence-corrected chi connectivity index (χ2v) is 7.16. The van der Waals surface area contributed by atoms with Gasteiger partial charge in [0.2, 0.25) is 21.8 Å². The summed E-state index contributed by atoms with van der Waals surface area (Å²) in [6.07, 6.45) is 0. The highest BCUT2D eigenvalue weighted by molar-refractivity contribution is 7.89. The minimum Gasteiger partial charge on any atom is -0.326 e. The maximum atomic E-state index is 12.7. The van der Waals surface area contributed by atoms with Crippen LogP contribution in [0, 0.1) is 0 Å². The Morgan fingerprint density at radius 1 is 1.33 bits per heavy atom. The van der Waals surface area contributed by atoms with Gasteiger partial charge in [0, 0.05) is 6.54 Å². The lowest BCUT2D eigenvalue weighted by atomic mass is 10.0. The number of carbonyl (C=O) groups excluding carboxylic acids is 2. The molecule has 2 rings (SSSR count). The molecule has 0 unspecified atom stereocenters. The van der Waals surface area contributed by atoms with Crippen LogP contribution in [0.5, 0.6) is 0 Å². The molecule has 8 heteroatoms. The molecule has 114 valence electrons. The first-order valence-corrected chi connectivity index (χ1v) is 7.79. The number of carbonyl (C=O) groups is 2. The third-order valence-electron chi connectivity index (χ3n) is 3.44. The lowest BCUT2D eigenvalue weighted by Crippen LogP contribution is -2.65. The summed E-state index contributed by atoms with van der Waals surface area (Å²) in [5.74, 6) is -1.28. The van der Waals surface area contributed by atoms with Gasteiger partial charge in [0.05, 0.1) is 11.4 Å². The van der Waals surface area contributed by atoms with Crippen molar-refractivity contribution in [2.75, 3.05) is 6.54 Å². The van der Waals surface area contributed by atoms with Crippen LogP contribution in [0.1, 0.15) is 19.4 Å². The van der Waals surface area contributed by atoms with Gasteiger partial charge in [-0.3, -0.25) is 14.9 Å². The number of nitrogens with two attached hydrogens (primary N) is 1. The van der Waals surface area contributed by atoms with Crippen LogP contribution in [0.3, 0.4) is 0 Å². The number of sulfonamides is 1. The van der Waals surface area contributed by atoms with Gasteiger partial charge in [0.1, 0.15) is 5.54 Å². The zero-order chi connectivity index (χ0) is 15.8. The van der Waals surface area contributed by atoms with E-state index in [4.69, 9.17) is 5.73 Å². The third kappa shape index (κ3) is 2.69. The fourth-order valence-electron chi connectivity index (χ4n) is 2.11. The zero-order valence-corrected chi connectivity index (χ0v) is 12.6. The van der Waals surface area contributed by atoms with Gasteiger partial charge in [-0.25, -0.2) is 8.42 Å². The first-order chi connectivity index (χ1) is 9.69. The highest BCUT2D eigenvalue weighted by Crippen LogP contribution is 2.27. The lowest BCUT2D eigenvalue weighted by molar-refractivity contribution is -0.141. The molecule has 1 aliphatic heterocycles. The van der Waals surface area contributed by atoms with Crippen LogP contribution in [0.25, 0.3) is 0 Å². The van der Waals surface area contributed by atoms with Crippen molar-refractivity contribution in [2.24, 2.45) is 5.73 Å². The van der Waals surface area contributed by atoms with Crippen LogP contribution in [0.4, 0.5) is 0 Å². The second kappa shape index (κ2) is 5.21. The number of benzene rings is 1. The summed E-state index contributed by atoms with van der Waals surface area (Å²) >= 11 is 0. The van der Waals surface area contributed by atoms with Crippen LogP contribution in [-0.2, 0) is 26.2 Å². The number of nitrogens with one attached hydrogen (secondary N) is 1. The third-order valence-corrected chi connectivity index (χ3v) is 5.46. The zero-order valence-electron chi connectivity index (χ0n) is 11.8. The van der Waals surface area contributed by atoms with Crippen molar-refractivity contribution in [3.05, 3.63) is 29.8 Å². The summed E-state index contributed by atoms with van der Waals surface area (Å²) in [5, 5.41) is 2.14. The van der Waals surface area contributed by atoms with E-state index < -0.39 is 33.9 Å². The van der Waals surface area contributed by atoms with E-state index in [0.717, 1.165) is 4.31 Å². The highest BCUT2D eigenvalue weighted by atomic mass is 32.2. The van der Waals surface area contributed by atoms with E-state index in [9.17, 15) is 18.0 Å². The van der Waals surface area contributed by atoms with Crippen molar-refractivity contribution in [3.8, 4) is 0 Å². The monoisotopic (exact) mass is 311 g/mol. The highest BCUT2D eigenvalue weighted by Gasteiger charge is 2.47. The molecule has 1 heterocycles. The van der Waals surface area contributed by atoms with E-state index in [-0.39, 0.29) is 11.4 Å². The summed E-state index contributed by atoms with van der Waals surface area (Å²) < 4.78 is 26.3. The van der Waals surface area contributed by atoms with Gasteiger partial charge < -0.3 is 5.73 Å². The first-order valence-electron chi connectivity index (χ1n) is 6.35. The molecule has 1 aliphatic rings. The topological polar surface area (TPSA) is 110 Å². The van der Waals surface area contributed by atoms with E-state index in [1.165, 1.54) is 26.0 Å². The first kappa shape index (κ1) is 15.6. The molecule has 0 aliphatic carbocycles. The molecule has 1 saturated heterocycles. The molecule has 3 N–H and O–H groups in total. The smallest absolute Gasteiger partial charge is 0.247 e. The number of nitrogens with zero attached hydrogens (tertiary/aromatic N) is 1. The normalized spacial score (nSPS) is 19.4. The molecule has 1 aromatic carbocycles. The number of amides is 2. The molecule has 1 fully saturated rings. The van der Waals surface area contributed by atoms with Crippen LogP contribution in [-0.4, -0.2) is 36.6 Å². The molecule has 21 heavy (non-hydrogen) atoms. The van der Waals surface area contributed by atoms with Gasteiger partial charge in [0.15, 0.2) is 0 Å². The number of rotatable bonds is 3. The van der Waals surface area contributed by atoms with Gasteiger partial charge in [0.25, 0.3) is 0 Å². The Hall–Kier alpha value is -1.77. The average molecular weight is 311 g/mol. The van der Waals surface area contributed by atoms with E-state index in [2.05, 4.69) is 5.32 Å².